The second-order valence-corrected chi connectivity index (χ2v) is 4.48. The smallest absolute Gasteiger partial charge is 0.364 e. The number of non-ortho nitro benzene ring substituents is 1. The Morgan fingerprint density at radius 3 is 2.45 bits per heavy atom. The van der Waals surface area contributed by atoms with Gasteiger partial charge in [0.05, 0.1) is 4.92 Å². The molecule has 0 fully saturated rings. The molecule has 0 unspecified atom stereocenters. The Morgan fingerprint density at radius 1 is 1.32 bits per heavy atom. The van der Waals surface area contributed by atoms with E-state index in [-0.39, 0.29) is 18.7 Å². The van der Waals surface area contributed by atoms with E-state index in [0.717, 1.165) is 6.42 Å². The third-order valence-corrected chi connectivity index (χ3v) is 2.83. The summed E-state index contributed by atoms with van der Waals surface area (Å²) in [5, 5.41) is 22.0. The standard InChI is InChI=1S/C14H16N2O6/c1-2-3-4-12(17)13(15-19)14(18)22-9-10-5-7-11(8-6-10)16(20)21/h5-8,19H,2-4,9H2,1H3/b15-13+. The number of unbranched alkanes of at least 4 members (excludes halogenated alkanes) is 1. The zero-order valence-electron chi connectivity index (χ0n) is 12.0. The van der Waals surface area contributed by atoms with Crippen molar-refractivity contribution in [1.82, 2.24) is 0 Å². The van der Waals surface area contributed by atoms with Crippen LogP contribution in [-0.4, -0.2) is 27.6 Å². The number of ether oxygens (including phenoxy) is 1. The van der Waals surface area contributed by atoms with E-state index < -0.39 is 22.4 Å². The molecule has 0 atom stereocenters. The van der Waals surface area contributed by atoms with Crippen LogP contribution in [0.3, 0.4) is 0 Å². The molecule has 0 amide bonds. The van der Waals surface area contributed by atoms with E-state index in [0.29, 0.717) is 12.0 Å². The predicted molar refractivity (Wildman–Crippen MR) is 76.6 cm³/mol. The lowest BCUT2D eigenvalue weighted by Gasteiger charge is -2.05. The molecule has 22 heavy (non-hydrogen) atoms. The summed E-state index contributed by atoms with van der Waals surface area (Å²) in [6, 6.07) is 5.41. The second kappa shape index (κ2) is 8.50. The van der Waals surface area contributed by atoms with Crippen molar-refractivity contribution in [3.8, 4) is 0 Å². The van der Waals surface area contributed by atoms with Gasteiger partial charge in [0, 0.05) is 18.6 Å². The van der Waals surface area contributed by atoms with Crippen LogP contribution in [0.5, 0.6) is 0 Å². The van der Waals surface area contributed by atoms with Crippen molar-refractivity contribution in [2.45, 2.75) is 32.8 Å². The summed E-state index contributed by atoms with van der Waals surface area (Å²) in [6.45, 7) is 1.70. The van der Waals surface area contributed by atoms with Crippen LogP contribution in [0, 0.1) is 10.1 Å². The zero-order chi connectivity index (χ0) is 16.5. The SMILES string of the molecule is CCCCC(=O)/C(=N\O)C(=O)OCc1ccc([N+](=O)[O-])cc1. The van der Waals surface area contributed by atoms with E-state index in [2.05, 4.69) is 5.16 Å². The number of hydrogen-bond donors (Lipinski definition) is 1. The fourth-order valence-corrected chi connectivity index (χ4v) is 1.60. The molecule has 8 nitrogen and oxygen atoms in total. The molecule has 0 saturated heterocycles. The third-order valence-electron chi connectivity index (χ3n) is 2.83. The molecule has 0 heterocycles. The van der Waals surface area contributed by atoms with Crippen molar-refractivity contribution in [3.05, 3.63) is 39.9 Å². The highest BCUT2D eigenvalue weighted by Crippen LogP contribution is 2.12. The molecular formula is C14H16N2O6. The Balaban J connectivity index is 2.60. The van der Waals surface area contributed by atoms with Gasteiger partial charge >= 0.3 is 5.97 Å². The molecule has 1 rings (SSSR count). The first kappa shape index (κ1) is 17.3. The Kier molecular flexibility index (Phi) is 6.68. The van der Waals surface area contributed by atoms with Crippen LogP contribution in [0.2, 0.25) is 0 Å². The van der Waals surface area contributed by atoms with Crippen LogP contribution in [0.25, 0.3) is 0 Å². The fraction of sp³-hybridized carbons (Fsp3) is 0.357. The van der Waals surface area contributed by atoms with Gasteiger partial charge in [0.25, 0.3) is 5.69 Å². The van der Waals surface area contributed by atoms with Crippen molar-refractivity contribution in [1.29, 1.82) is 0 Å². The van der Waals surface area contributed by atoms with Crippen LogP contribution in [0.1, 0.15) is 31.7 Å². The number of benzene rings is 1. The van der Waals surface area contributed by atoms with Crippen molar-refractivity contribution in [2.75, 3.05) is 0 Å². The fourth-order valence-electron chi connectivity index (χ4n) is 1.60. The summed E-state index contributed by atoms with van der Waals surface area (Å²) in [6.07, 6.45) is 1.44. The molecule has 0 spiro atoms. The van der Waals surface area contributed by atoms with Crippen molar-refractivity contribution >= 4 is 23.2 Å². The van der Waals surface area contributed by atoms with Crippen LogP contribution in [0.15, 0.2) is 29.4 Å². The summed E-state index contributed by atoms with van der Waals surface area (Å²) >= 11 is 0. The maximum absolute atomic E-state index is 11.7. The van der Waals surface area contributed by atoms with E-state index in [4.69, 9.17) is 9.94 Å². The zero-order valence-corrected chi connectivity index (χ0v) is 12.0. The monoisotopic (exact) mass is 308 g/mol. The number of rotatable bonds is 8. The van der Waals surface area contributed by atoms with Gasteiger partial charge in [-0.3, -0.25) is 14.9 Å². The average molecular weight is 308 g/mol. The molecular weight excluding hydrogens is 292 g/mol. The number of carbonyl (C=O) groups excluding carboxylic acids is 2. The van der Waals surface area contributed by atoms with Crippen LogP contribution in [-0.2, 0) is 20.9 Å². The third kappa shape index (κ3) is 4.97. The van der Waals surface area contributed by atoms with Crippen molar-refractivity contribution in [2.24, 2.45) is 5.16 Å². The molecule has 1 N–H and O–H groups in total. The highest BCUT2D eigenvalue weighted by Gasteiger charge is 2.22. The highest BCUT2D eigenvalue weighted by molar-refractivity contribution is 6.64. The molecule has 0 aliphatic carbocycles. The van der Waals surface area contributed by atoms with Gasteiger partial charge in [0.2, 0.25) is 5.71 Å². The molecule has 0 radical (unpaired) electrons. The first-order valence-corrected chi connectivity index (χ1v) is 6.65. The maximum atomic E-state index is 11.7. The number of nitrogens with zero attached hydrogens (tertiary/aromatic N) is 2. The maximum Gasteiger partial charge on any atom is 0.364 e. The number of Topliss-reactive ketones (excluding diaryl/α,β-unsaturated/α-hetero) is 1. The minimum Gasteiger partial charge on any atom is -0.456 e. The van der Waals surface area contributed by atoms with Gasteiger partial charge in [0.15, 0.2) is 5.78 Å². The lowest BCUT2D eigenvalue weighted by atomic mass is 10.1. The van der Waals surface area contributed by atoms with E-state index in [1.807, 2.05) is 6.92 Å². The first-order valence-electron chi connectivity index (χ1n) is 6.65. The average Bonchev–Trinajstić information content (AvgIpc) is 2.52. The van der Waals surface area contributed by atoms with E-state index in [1.54, 1.807) is 0 Å². The molecule has 8 heteroatoms. The van der Waals surface area contributed by atoms with Gasteiger partial charge in [-0.1, -0.05) is 18.5 Å². The Bertz CT molecular complexity index is 580. The Hall–Kier alpha value is -2.77. The summed E-state index contributed by atoms with van der Waals surface area (Å²) in [4.78, 5) is 33.3. The van der Waals surface area contributed by atoms with E-state index in [9.17, 15) is 19.7 Å². The Labute approximate surface area is 126 Å². The van der Waals surface area contributed by atoms with Crippen LogP contribution >= 0.6 is 0 Å². The summed E-state index contributed by atoms with van der Waals surface area (Å²) in [7, 11) is 0. The van der Waals surface area contributed by atoms with E-state index >= 15 is 0 Å². The van der Waals surface area contributed by atoms with Gasteiger partial charge in [-0.25, -0.2) is 4.79 Å². The largest absolute Gasteiger partial charge is 0.456 e. The number of carbonyl (C=O) groups is 2. The van der Waals surface area contributed by atoms with E-state index in [1.165, 1.54) is 24.3 Å². The molecule has 118 valence electrons. The van der Waals surface area contributed by atoms with Crippen molar-refractivity contribution < 1.29 is 24.5 Å². The first-order chi connectivity index (χ1) is 10.5. The molecule has 1 aromatic rings. The summed E-state index contributed by atoms with van der Waals surface area (Å²) in [5.74, 6) is -1.61. The minimum absolute atomic E-state index is 0.0811. The lowest BCUT2D eigenvalue weighted by molar-refractivity contribution is -0.384. The number of hydrogen-bond acceptors (Lipinski definition) is 7. The number of ketones is 1. The highest BCUT2D eigenvalue weighted by atomic mass is 16.6. The molecule has 0 aliphatic rings. The minimum atomic E-state index is -1.03. The molecule has 0 aliphatic heterocycles. The summed E-state index contributed by atoms with van der Waals surface area (Å²) < 4.78 is 4.86. The number of esters is 1. The van der Waals surface area contributed by atoms with Gasteiger partial charge in [-0.15, -0.1) is 0 Å². The number of nitro groups is 1. The molecule has 0 saturated carbocycles. The van der Waals surface area contributed by atoms with Gasteiger partial charge in [-0.05, 0) is 24.1 Å². The number of nitro benzene ring substituents is 1. The lowest BCUT2D eigenvalue weighted by Crippen LogP contribution is -2.26. The normalized spacial score (nSPS) is 11.0. The number of oxime groups is 1. The predicted octanol–water partition coefficient (Wildman–Crippen LogP) is 2.23. The quantitative estimate of drug-likeness (QED) is 0.196. The Morgan fingerprint density at radius 2 is 1.95 bits per heavy atom. The van der Waals surface area contributed by atoms with Crippen LogP contribution in [0.4, 0.5) is 5.69 Å². The van der Waals surface area contributed by atoms with Gasteiger partial charge in [-0.2, -0.15) is 0 Å². The second-order valence-electron chi connectivity index (χ2n) is 4.48. The van der Waals surface area contributed by atoms with Crippen molar-refractivity contribution in [3.63, 3.8) is 0 Å². The summed E-state index contributed by atoms with van der Waals surface area (Å²) in [5.41, 5.74) is -0.213. The van der Waals surface area contributed by atoms with Gasteiger partial charge in [0.1, 0.15) is 6.61 Å². The topological polar surface area (TPSA) is 119 Å². The molecule has 0 bridgehead atoms. The molecule has 1 aromatic carbocycles. The van der Waals surface area contributed by atoms with Gasteiger partial charge < -0.3 is 9.94 Å². The van der Waals surface area contributed by atoms with Crippen LogP contribution < -0.4 is 0 Å². The molecule has 0 aromatic heterocycles.